The van der Waals surface area contributed by atoms with E-state index in [0.717, 1.165) is 25.7 Å². The summed E-state index contributed by atoms with van der Waals surface area (Å²) >= 11 is 0. The molecule has 0 bridgehead atoms. The van der Waals surface area contributed by atoms with E-state index in [-0.39, 0.29) is 11.3 Å². The van der Waals surface area contributed by atoms with Crippen LogP contribution in [0.3, 0.4) is 0 Å². The molecule has 0 aliphatic heterocycles. The molecule has 1 saturated carbocycles. The summed E-state index contributed by atoms with van der Waals surface area (Å²) in [6.45, 7) is 9.21. The summed E-state index contributed by atoms with van der Waals surface area (Å²) in [6, 6.07) is 0. The monoisotopic (exact) mass is 284 g/mol. The van der Waals surface area contributed by atoms with E-state index in [1.807, 2.05) is 0 Å². The van der Waals surface area contributed by atoms with Crippen molar-refractivity contribution < 1.29 is 9.90 Å². The number of amides is 1. The first-order valence-corrected chi connectivity index (χ1v) is 7.85. The Balaban J connectivity index is 2.48. The molecule has 4 heteroatoms. The first-order valence-electron chi connectivity index (χ1n) is 7.85. The quantitative estimate of drug-likeness (QED) is 0.723. The third-order valence-electron chi connectivity index (χ3n) is 4.45. The van der Waals surface area contributed by atoms with E-state index in [0.29, 0.717) is 25.4 Å². The molecule has 0 aromatic carbocycles. The minimum atomic E-state index is -0.490. The highest BCUT2D eigenvalue weighted by molar-refractivity contribution is 5.83. The molecule has 0 aromatic heterocycles. The normalized spacial score (nSPS) is 29.0. The molecule has 0 aromatic rings. The van der Waals surface area contributed by atoms with Gasteiger partial charge >= 0.3 is 0 Å². The largest absolute Gasteiger partial charge is 0.391 e. The Morgan fingerprint density at radius 3 is 2.40 bits per heavy atom. The molecule has 1 rings (SSSR count). The van der Waals surface area contributed by atoms with E-state index in [1.165, 1.54) is 0 Å². The van der Waals surface area contributed by atoms with Crippen molar-refractivity contribution in [2.24, 2.45) is 22.5 Å². The van der Waals surface area contributed by atoms with E-state index in [1.54, 1.807) is 0 Å². The van der Waals surface area contributed by atoms with Crippen LogP contribution in [0.5, 0.6) is 0 Å². The van der Waals surface area contributed by atoms with Crippen LogP contribution in [-0.2, 0) is 4.79 Å². The lowest BCUT2D eigenvalue weighted by molar-refractivity contribution is -0.133. The van der Waals surface area contributed by atoms with Gasteiger partial charge in [-0.05, 0) is 43.4 Å². The molecule has 1 fully saturated rings. The van der Waals surface area contributed by atoms with Crippen molar-refractivity contribution in [1.82, 2.24) is 5.32 Å². The minimum absolute atomic E-state index is 0.0276. The fourth-order valence-electron chi connectivity index (χ4n) is 3.02. The third kappa shape index (κ3) is 5.06. The van der Waals surface area contributed by atoms with E-state index >= 15 is 0 Å². The number of rotatable bonds is 5. The van der Waals surface area contributed by atoms with Gasteiger partial charge in [-0.25, -0.2) is 0 Å². The maximum atomic E-state index is 12.4. The first kappa shape index (κ1) is 17.4. The van der Waals surface area contributed by atoms with Crippen molar-refractivity contribution in [3.63, 3.8) is 0 Å². The predicted octanol–water partition coefficient (Wildman–Crippen LogP) is 2.05. The van der Waals surface area contributed by atoms with Crippen LogP contribution >= 0.6 is 0 Å². The average molecular weight is 284 g/mol. The number of nitrogens with one attached hydrogen (secondary N) is 1. The van der Waals surface area contributed by atoms with Gasteiger partial charge in [-0.1, -0.05) is 27.7 Å². The number of carbonyl (C=O) groups is 1. The van der Waals surface area contributed by atoms with E-state index in [2.05, 4.69) is 33.0 Å². The summed E-state index contributed by atoms with van der Waals surface area (Å²) in [5.41, 5.74) is 5.53. The van der Waals surface area contributed by atoms with Gasteiger partial charge in [0, 0.05) is 13.1 Å². The molecule has 1 atom stereocenters. The Labute approximate surface area is 123 Å². The molecule has 4 N–H and O–H groups in total. The molecule has 1 aliphatic rings. The Morgan fingerprint density at radius 2 is 1.95 bits per heavy atom. The highest BCUT2D eigenvalue weighted by Crippen LogP contribution is 2.38. The molecule has 20 heavy (non-hydrogen) atoms. The second-order valence-corrected chi connectivity index (χ2v) is 7.80. The van der Waals surface area contributed by atoms with E-state index < -0.39 is 11.5 Å². The summed E-state index contributed by atoms with van der Waals surface area (Å²) < 4.78 is 0. The van der Waals surface area contributed by atoms with Crippen LogP contribution in [0.25, 0.3) is 0 Å². The SMILES string of the molecule is CC1CCC(CN)(C(=O)NCC(O)CC(C)(C)C)CC1. The number of nitrogens with two attached hydrogens (primary N) is 1. The lowest BCUT2D eigenvalue weighted by Crippen LogP contribution is -2.49. The number of hydrogen-bond acceptors (Lipinski definition) is 3. The molecule has 0 radical (unpaired) electrons. The van der Waals surface area contributed by atoms with Crippen molar-refractivity contribution in [2.75, 3.05) is 13.1 Å². The standard InChI is InChI=1S/C16H32N2O2/c1-12-5-7-16(11-17,8-6-12)14(20)18-10-13(19)9-15(2,3)4/h12-13,19H,5-11,17H2,1-4H3,(H,18,20). The van der Waals surface area contributed by atoms with Gasteiger partial charge in [-0.2, -0.15) is 0 Å². The van der Waals surface area contributed by atoms with Gasteiger partial charge in [-0.15, -0.1) is 0 Å². The lowest BCUT2D eigenvalue weighted by atomic mass is 9.70. The van der Waals surface area contributed by atoms with Gasteiger partial charge in [0.2, 0.25) is 5.91 Å². The van der Waals surface area contributed by atoms with Gasteiger partial charge in [0.15, 0.2) is 0 Å². The number of hydrogen-bond donors (Lipinski definition) is 3. The van der Waals surface area contributed by atoms with Gasteiger partial charge in [0.25, 0.3) is 0 Å². The molecular formula is C16H32N2O2. The predicted molar refractivity (Wildman–Crippen MR) is 82.2 cm³/mol. The third-order valence-corrected chi connectivity index (χ3v) is 4.45. The van der Waals surface area contributed by atoms with Crippen LogP contribution in [-0.4, -0.2) is 30.2 Å². The molecule has 1 unspecified atom stereocenters. The topological polar surface area (TPSA) is 75.4 Å². The van der Waals surface area contributed by atoms with Crippen molar-refractivity contribution in [2.45, 2.75) is 65.9 Å². The summed E-state index contributed by atoms with van der Waals surface area (Å²) in [5, 5.41) is 12.9. The second-order valence-electron chi connectivity index (χ2n) is 7.80. The highest BCUT2D eigenvalue weighted by atomic mass is 16.3. The summed E-state index contributed by atoms with van der Waals surface area (Å²) in [7, 11) is 0. The summed E-state index contributed by atoms with van der Waals surface area (Å²) in [6.07, 6.45) is 4.05. The molecule has 118 valence electrons. The highest BCUT2D eigenvalue weighted by Gasteiger charge is 2.39. The Hall–Kier alpha value is -0.610. The van der Waals surface area contributed by atoms with E-state index in [4.69, 9.17) is 5.73 Å². The van der Waals surface area contributed by atoms with Crippen LogP contribution < -0.4 is 11.1 Å². The fraction of sp³-hybridized carbons (Fsp3) is 0.938. The van der Waals surface area contributed by atoms with Crippen LogP contribution in [0.2, 0.25) is 0 Å². The summed E-state index contributed by atoms with van der Waals surface area (Å²) in [4.78, 5) is 12.4. The van der Waals surface area contributed by atoms with Crippen molar-refractivity contribution in [3.8, 4) is 0 Å². The fourth-order valence-corrected chi connectivity index (χ4v) is 3.02. The van der Waals surface area contributed by atoms with Gasteiger partial charge in [0.1, 0.15) is 0 Å². The van der Waals surface area contributed by atoms with Crippen LogP contribution in [0, 0.1) is 16.7 Å². The Kier molecular flexibility index (Phi) is 6.02. The maximum absolute atomic E-state index is 12.4. The van der Waals surface area contributed by atoms with Crippen LogP contribution in [0.4, 0.5) is 0 Å². The Bertz CT molecular complexity index is 315. The zero-order chi connectivity index (χ0) is 15.4. The smallest absolute Gasteiger partial charge is 0.227 e. The summed E-state index contributed by atoms with van der Waals surface area (Å²) in [5.74, 6) is 0.716. The first-order chi connectivity index (χ1) is 9.18. The van der Waals surface area contributed by atoms with Crippen molar-refractivity contribution in [1.29, 1.82) is 0 Å². The minimum Gasteiger partial charge on any atom is -0.391 e. The molecule has 0 spiro atoms. The van der Waals surface area contributed by atoms with Crippen LogP contribution in [0.1, 0.15) is 59.8 Å². The van der Waals surface area contributed by atoms with E-state index in [9.17, 15) is 9.90 Å². The van der Waals surface area contributed by atoms with Crippen LogP contribution in [0.15, 0.2) is 0 Å². The van der Waals surface area contributed by atoms with Gasteiger partial charge < -0.3 is 16.2 Å². The van der Waals surface area contributed by atoms with Gasteiger partial charge in [-0.3, -0.25) is 4.79 Å². The molecule has 4 nitrogen and oxygen atoms in total. The molecule has 1 aliphatic carbocycles. The molecule has 1 amide bonds. The zero-order valence-electron chi connectivity index (χ0n) is 13.5. The Morgan fingerprint density at radius 1 is 1.40 bits per heavy atom. The number of carbonyl (C=O) groups excluding carboxylic acids is 1. The average Bonchev–Trinajstić information content (AvgIpc) is 2.35. The molecule has 0 saturated heterocycles. The molecule has 0 heterocycles. The lowest BCUT2D eigenvalue weighted by Gasteiger charge is -2.37. The van der Waals surface area contributed by atoms with Crippen molar-refractivity contribution in [3.05, 3.63) is 0 Å². The van der Waals surface area contributed by atoms with Crippen molar-refractivity contribution >= 4 is 5.91 Å². The second kappa shape index (κ2) is 6.90. The molecular weight excluding hydrogens is 252 g/mol. The number of aliphatic hydroxyl groups is 1. The maximum Gasteiger partial charge on any atom is 0.227 e. The van der Waals surface area contributed by atoms with Gasteiger partial charge in [0.05, 0.1) is 11.5 Å². The zero-order valence-corrected chi connectivity index (χ0v) is 13.5. The number of aliphatic hydroxyl groups excluding tert-OH is 1.